The number of rotatable bonds is 3. The standard InChI is InChI=1S/C13H26N2O/c1-12(2,3)10(14)11(16)15-9-13(4)7-5-6-8-13/h10H,5-9,14H2,1-4H3,(H,15,16)/t10-/m0/s1. The predicted molar refractivity (Wildman–Crippen MR) is 67.0 cm³/mol. The van der Waals surface area contributed by atoms with E-state index in [4.69, 9.17) is 5.73 Å². The molecule has 0 unspecified atom stereocenters. The topological polar surface area (TPSA) is 55.1 Å². The monoisotopic (exact) mass is 226 g/mol. The fourth-order valence-corrected chi connectivity index (χ4v) is 2.21. The molecule has 1 fully saturated rings. The van der Waals surface area contributed by atoms with E-state index in [1.807, 2.05) is 20.8 Å². The minimum absolute atomic E-state index is 0.0133. The lowest BCUT2D eigenvalue weighted by molar-refractivity contribution is -0.125. The lowest BCUT2D eigenvalue weighted by atomic mass is 9.85. The van der Waals surface area contributed by atoms with Crippen LogP contribution in [0.3, 0.4) is 0 Å². The molecule has 1 aliphatic rings. The molecular weight excluding hydrogens is 200 g/mol. The van der Waals surface area contributed by atoms with Gasteiger partial charge in [0.2, 0.25) is 5.91 Å². The highest BCUT2D eigenvalue weighted by atomic mass is 16.2. The molecule has 3 N–H and O–H groups in total. The second-order valence-corrected chi connectivity index (χ2v) is 6.58. The summed E-state index contributed by atoms with van der Waals surface area (Å²) in [6.07, 6.45) is 5.02. The first kappa shape index (κ1) is 13.5. The van der Waals surface area contributed by atoms with Crippen LogP contribution in [0.4, 0.5) is 0 Å². The number of hydrogen-bond acceptors (Lipinski definition) is 2. The second-order valence-electron chi connectivity index (χ2n) is 6.58. The van der Waals surface area contributed by atoms with E-state index in [1.165, 1.54) is 25.7 Å². The Morgan fingerprint density at radius 3 is 2.31 bits per heavy atom. The van der Waals surface area contributed by atoms with Crippen LogP contribution in [0.2, 0.25) is 0 Å². The molecule has 3 heteroatoms. The minimum Gasteiger partial charge on any atom is -0.354 e. The average Bonchev–Trinajstić information content (AvgIpc) is 2.60. The van der Waals surface area contributed by atoms with E-state index >= 15 is 0 Å². The molecule has 0 aromatic rings. The van der Waals surface area contributed by atoms with Gasteiger partial charge in [-0.15, -0.1) is 0 Å². The first-order valence-corrected chi connectivity index (χ1v) is 6.28. The van der Waals surface area contributed by atoms with Gasteiger partial charge in [0.05, 0.1) is 6.04 Å². The Morgan fingerprint density at radius 1 is 1.38 bits per heavy atom. The van der Waals surface area contributed by atoms with E-state index in [1.54, 1.807) is 0 Å². The van der Waals surface area contributed by atoms with Crippen molar-refractivity contribution in [2.45, 2.75) is 59.4 Å². The molecule has 16 heavy (non-hydrogen) atoms. The molecule has 0 radical (unpaired) electrons. The van der Waals surface area contributed by atoms with Crippen molar-refractivity contribution in [1.29, 1.82) is 0 Å². The highest BCUT2D eigenvalue weighted by Crippen LogP contribution is 2.36. The van der Waals surface area contributed by atoms with Crippen LogP contribution in [0.1, 0.15) is 53.4 Å². The third kappa shape index (κ3) is 3.48. The zero-order valence-corrected chi connectivity index (χ0v) is 11.1. The van der Waals surface area contributed by atoms with Gasteiger partial charge < -0.3 is 11.1 Å². The smallest absolute Gasteiger partial charge is 0.237 e. The highest BCUT2D eigenvalue weighted by molar-refractivity contribution is 5.82. The fraction of sp³-hybridized carbons (Fsp3) is 0.923. The van der Waals surface area contributed by atoms with Gasteiger partial charge in [0.15, 0.2) is 0 Å². The number of nitrogens with one attached hydrogen (secondary N) is 1. The van der Waals surface area contributed by atoms with E-state index in [9.17, 15) is 4.79 Å². The second kappa shape index (κ2) is 4.74. The van der Waals surface area contributed by atoms with Gasteiger partial charge in [-0.1, -0.05) is 40.5 Å². The Bertz CT molecular complexity index is 249. The number of carbonyl (C=O) groups excluding carboxylic acids is 1. The average molecular weight is 226 g/mol. The summed E-state index contributed by atoms with van der Waals surface area (Å²) in [7, 11) is 0. The van der Waals surface area contributed by atoms with Crippen LogP contribution >= 0.6 is 0 Å². The molecule has 0 saturated heterocycles. The lowest BCUT2D eigenvalue weighted by Gasteiger charge is -2.29. The summed E-state index contributed by atoms with van der Waals surface area (Å²) >= 11 is 0. The first-order chi connectivity index (χ1) is 7.25. The Balaban J connectivity index is 2.40. The van der Waals surface area contributed by atoms with Crippen LogP contribution in [0, 0.1) is 10.8 Å². The highest BCUT2D eigenvalue weighted by Gasteiger charge is 2.32. The maximum atomic E-state index is 11.9. The minimum atomic E-state index is -0.419. The molecule has 0 heterocycles. The van der Waals surface area contributed by atoms with Gasteiger partial charge in [0.1, 0.15) is 0 Å². The van der Waals surface area contributed by atoms with E-state index in [2.05, 4.69) is 12.2 Å². The maximum absolute atomic E-state index is 11.9. The summed E-state index contributed by atoms with van der Waals surface area (Å²) in [5.74, 6) is -0.0133. The molecule has 1 rings (SSSR count). The third-order valence-electron chi connectivity index (χ3n) is 3.72. The van der Waals surface area contributed by atoms with Crippen molar-refractivity contribution in [1.82, 2.24) is 5.32 Å². The van der Waals surface area contributed by atoms with Crippen LogP contribution in [-0.2, 0) is 4.79 Å². The van der Waals surface area contributed by atoms with Crippen LogP contribution in [0.5, 0.6) is 0 Å². The Morgan fingerprint density at radius 2 is 1.88 bits per heavy atom. The zero-order chi connectivity index (χ0) is 12.4. The van der Waals surface area contributed by atoms with Crippen molar-refractivity contribution in [2.24, 2.45) is 16.6 Å². The van der Waals surface area contributed by atoms with E-state index in [0.717, 1.165) is 6.54 Å². The van der Waals surface area contributed by atoms with E-state index < -0.39 is 6.04 Å². The van der Waals surface area contributed by atoms with Gasteiger partial charge in [-0.25, -0.2) is 0 Å². The van der Waals surface area contributed by atoms with Gasteiger partial charge in [-0.3, -0.25) is 4.79 Å². The SMILES string of the molecule is CC1(CNC(=O)[C@H](N)C(C)(C)C)CCCC1. The van der Waals surface area contributed by atoms with Crippen molar-refractivity contribution >= 4 is 5.91 Å². The van der Waals surface area contributed by atoms with Gasteiger partial charge in [-0.05, 0) is 23.7 Å². The first-order valence-electron chi connectivity index (χ1n) is 6.28. The molecule has 1 saturated carbocycles. The van der Waals surface area contributed by atoms with E-state index in [0.29, 0.717) is 5.41 Å². The summed E-state index contributed by atoms with van der Waals surface area (Å²) in [5, 5.41) is 3.01. The van der Waals surface area contributed by atoms with Crippen molar-refractivity contribution < 1.29 is 4.79 Å². The number of amides is 1. The predicted octanol–water partition coefficient (Wildman–Crippen LogP) is 2.06. The Hall–Kier alpha value is -0.570. The van der Waals surface area contributed by atoms with Gasteiger partial charge in [0, 0.05) is 6.54 Å². The van der Waals surface area contributed by atoms with Crippen LogP contribution in [0.15, 0.2) is 0 Å². The molecule has 0 spiro atoms. The fourth-order valence-electron chi connectivity index (χ4n) is 2.21. The molecule has 0 bridgehead atoms. The van der Waals surface area contributed by atoms with Crippen molar-refractivity contribution in [2.75, 3.05) is 6.54 Å². The van der Waals surface area contributed by atoms with E-state index in [-0.39, 0.29) is 11.3 Å². The summed E-state index contributed by atoms with van der Waals surface area (Å²) in [6.45, 7) is 9.01. The normalized spacial score (nSPS) is 21.8. The Kier molecular flexibility index (Phi) is 4.00. The van der Waals surface area contributed by atoms with Gasteiger partial charge in [0.25, 0.3) is 0 Å². The van der Waals surface area contributed by atoms with Gasteiger partial charge in [-0.2, -0.15) is 0 Å². The lowest BCUT2D eigenvalue weighted by Crippen LogP contribution is -2.50. The number of nitrogens with two attached hydrogens (primary N) is 1. The van der Waals surface area contributed by atoms with Gasteiger partial charge >= 0.3 is 0 Å². The zero-order valence-electron chi connectivity index (χ0n) is 11.1. The summed E-state index contributed by atoms with van der Waals surface area (Å²) in [5.41, 5.74) is 6.04. The van der Waals surface area contributed by atoms with Crippen LogP contribution in [-0.4, -0.2) is 18.5 Å². The largest absolute Gasteiger partial charge is 0.354 e. The quantitative estimate of drug-likeness (QED) is 0.774. The maximum Gasteiger partial charge on any atom is 0.237 e. The molecule has 3 nitrogen and oxygen atoms in total. The van der Waals surface area contributed by atoms with Crippen molar-refractivity contribution in [3.8, 4) is 0 Å². The molecule has 0 aromatic heterocycles. The summed E-state index contributed by atoms with van der Waals surface area (Å²) < 4.78 is 0. The van der Waals surface area contributed by atoms with Crippen molar-refractivity contribution in [3.63, 3.8) is 0 Å². The molecule has 0 aromatic carbocycles. The molecule has 0 aliphatic heterocycles. The summed E-state index contributed by atoms with van der Waals surface area (Å²) in [6, 6.07) is -0.419. The van der Waals surface area contributed by atoms with Crippen LogP contribution in [0.25, 0.3) is 0 Å². The molecule has 94 valence electrons. The molecule has 1 aliphatic carbocycles. The van der Waals surface area contributed by atoms with Crippen LogP contribution < -0.4 is 11.1 Å². The summed E-state index contributed by atoms with van der Waals surface area (Å²) in [4.78, 5) is 11.9. The number of hydrogen-bond donors (Lipinski definition) is 2. The molecule has 1 atom stereocenters. The van der Waals surface area contributed by atoms with Crippen molar-refractivity contribution in [3.05, 3.63) is 0 Å². The molecule has 1 amide bonds. The Labute approximate surface area is 99.2 Å². The molecular formula is C13H26N2O. The number of carbonyl (C=O) groups is 1. The third-order valence-corrected chi connectivity index (χ3v) is 3.72.